The van der Waals surface area contributed by atoms with Crippen LogP contribution in [-0.4, -0.2) is 36.6 Å². The molecule has 0 amide bonds. The molecule has 1 aromatic rings. The summed E-state index contributed by atoms with van der Waals surface area (Å²) in [6.07, 6.45) is 4.62. The second-order valence-electron chi connectivity index (χ2n) is 5.97. The average molecular weight is 271 g/mol. The Morgan fingerprint density at radius 3 is 2.17 bits per heavy atom. The lowest BCUT2D eigenvalue weighted by Crippen LogP contribution is -2.58. The predicted molar refractivity (Wildman–Crippen MR) is 69.3 cm³/mol. The van der Waals surface area contributed by atoms with Gasteiger partial charge in [0.2, 0.25) is 0 Å². The molecule has 1 fully saturated rings. The molecule has 1 aliphatic heterocycles. The second kappa shape index (κ2) is 4.63. The Balaban J connectivity index is 2.12. The number of ether oxygens (including phenoxy) is 1. The molecule has 0 atom stereocenters. The molecular weight excluding hydrogens is 252 g/mol. The van der Waals surface area contributed by atoms with Gasteiger partial charge < -0.3 is 4.74 Å². The molecule has 5 nitrogen and oxygen atoms in total. The third-order valence-electron chi connectivity index (χ3n) is 3.26. The van der Waals surface area contributed by atoms with Crippen molar-refractivity contribution >= 4 is 11.8 Å². The van der Waals surface area contributed by atoms with E-state index in [9.17, 15) is 0 Å². The van der Waals surface area contributed by atoms with Crippen LogP contribution in [0.3, 0.4) is 0 Å². The van der Waals surface area contributed by atoms with Gasteiger partial charge in [0.05, 0.1) is 0 Å². The summed E-state index contributed by atoms with van der Waals surface area (Å²) in [5.41, 5.74) is -0.248. The van der Waals surface area contributed by atoms with Gasteiger partial charge in [-0.05, 0) is 39.5 Å². The summed E-state index contributed by atoms with van der Waals surface area (Å²) in [6, 6.07) is 0.379. The Morgan fingerprint density at radius 1 is 1.17 bits per heavy atom. The molecular formula is C12H19ClN4O. The quantitative estimate of drug-likeness (QED) is 0.773. The van der Waals surface area contributed by atoms with Crippen LogP contribution in [0.1, 0.15) is 40.5 Å². The van der Waals surface area contributed by atoms with Crippen molar-refractivity contribution < 1.29 is 4.74 Å². The number of hydrogen-bond donors (Lipinski definition) is 0. The number of piperidine rings is 1. The first-order chi connectivity index (χ1) is 8.31. The lowest BCUT2D eigenvalue weighted by molar-refractivity contribution is -0.0178. The molecule has 1 saturated heterocycles. The minimum atomic E-state index is -0.124. The smallest absolute Gasteiger partial charge is 0.319 e. The highest BCUT2D eigenvalue weighted by molar-refractivity contribution is 6.14. The van der Waals surface area contributed by atoms with Gasteiger partial charge >= 0.3 is 6.01 Å². The highest BCUT2D eigenvalue weighted by Gasteiger charge is 2.45. The van der Waals surface area contributed by atoms with Crippen LogP contribution in [0.4, 0.5) is 0 Å². The maximum atomic E-state index is 6.40. The molecule has 1 aliphatic rings. The first kappa shape index (κ1) is 13.5. The van der Waals surface area contributed by atoms with Crippen LogP contribution in [0.5, 0.6) is 6.01 Å². The monoisotopic (exact) mass is 270 g/mol. The van der Waals surface area contributed by atoms with E-state index in [1.54, 1.807) is 0 Å². The van der Waals surface area contributed by atoms with E-state index in [2.05, 4.69) is 42.6 Å². The zero-order chi connectivity index (χ0) is 13.4. The largest absolute Gasteiger partial charge is 0.460 e. The molecule has 0 spiro atoms. The summed E-state index contributed by atoms with van der Waals surface area (Å²) in [5, 5.41) is 0. The van der Waals surface area contributed by atoms with E-state index in [-0.39, 0.29) is 17.2 Å². The Kier molecular flexibility index (Phi) is 3.47. The molecule has 0 aliphatic carbocycles. The summed E-state index contributed by atoms with van der Waals surface area (Å²) in [5.74, 6) is 0. The van der Waals surface area contributed by atoms with Crippen LogP contribution in [0.25, 0.3) is 0 Å². The van der Waals surface area contributed by atoms with Crippen LogP contribution < -0.4 is 4.74 Å². The lowest BCUT2D eigenvalue weighted by atomic mass is 9.81. The summed E-state index contributed by atoms with van der Waals surface area (Å²) in [6.45, 7) is 8.46. The molecule has 0 bridgehead atoms. The highest BCUT2D eigenvalue weighted by atomic mass is 35.5. The van der Waals surface area contributed by atoms with Crippen molar-refractivity contribution in [1.82, 2.24) is 19.4 Å². The van der Waals surface area contributed by atoms with E-state index in [0.29, 0.717) is 6.01 Å². The summed E-state index contributed by atoms with van der Waals surface area (Å²) >= 11 is 6.40. The fraction of sp³-hybridized carbons (Fsp3) is 0.750. The average Bonchev–Trinajstić information content (AvgIpc) is 2.26. The number of hydrogen-bond acceptors (Lipinski definition) is 5. The second-order valence-corrected chi connectivity index (χ2v) is 6.31. The van der Waals surface area contributed by atoms with Crippen LogP contribution in [-0.2, 0) is 0 Å². The Hall–Kier alpha value is -0.940. The molecule has 0 aromatic carbocycles. The van der Waals surface area contributed by atoms with Gasteiger partial charge in [0, 0.05) is 23.9 Å². The molecule has 0 N–H and O–H groups in total. The van der Waals surface area contributed by atoms with Crippen molar-refractivity contribution in [1.29, 1.82) is 0 Å². The van der Waals surface area contributed by atoms with Gasteiger partial charge in [0.1, 0.15) is 18.8 Å². The predicted octanol–water partition coefficient (Wildman–Crippen LogP) is 2.43. The molecule has 6 heteroatoms. The van der Waals surface area contributed by atoms with Gasteiger partial charge in [0.15, 0.2) is 0 Å². The van der Waals surface area contributed by atoms with Crippen LogP contribution in [0.15, 0.2) is 12.7 Å². The van der Waals surface area contributed by atoms with E-state index in [4.69, 9.17) is 16.5 Å². The van der Waals surface area contributed by atoms with Gasteiger partial charge in [-0.1, -0.05) is 0 Å². The van der Waals surface area contributed by atoms with Crippen LogP contribution >= 0.6 is 11.8 Å². The van der Waals surface area contributed by atoms with Crippen LogP contribution in [0, 0.1) is 0 Å². The van der Waals surface area contributed by atoms with Crippen molar-refractivity contribution in [2.45, 2.75) is 57.7 Å². The van der Waals surface area contributed by atoms with Crippen molar-refractivity contribution in [2.24, 2.45) is 0 Å². The molecule has 2 heterocycles. The molecule has 18 heavy (non-hydrogen) atoms. The Morgan fingerprint density at radius 2 is 1.67 bits per heavy atom. The first-order valence-corrected chi connectivity index (χ1v) is 6.40. The maximum Gasteiger partial charge on any atom is 0.319 e. The lowest BCUT2D eigenvalue weighted by Gasteiger charge is -2.50. The minimum Gasteiger partial charge on any atom is -0.460 e. The fourth-order valence-electron chi connectivity index (χ4n) is 2.69. The summed E-state index contributed by atoms with van der Waals surface area (Å²) in [4.78, 5) is 11.8. The van der Waals surface area contributed by atoms with Crippen molar-refractivity contribution in [3.05, 3.63) is 12.7 Å². The van der Waals surface area contributed by atoms with E-state index in [1.807, 2.05) is 4.42 Å². The first-order valence-electron chi connectivity index (χ1n) is 6.06. The standard InChI is InChI=1S/C12H19ClN4O/c1-11(2)5-9(6-12(3,4)17(11)13)18-10-15-7-14-8-16-10/h7-9H,5-6H2,1-4H3. The molecule has 1 aromatic heterocycles. The number of aromatic nitrogens is 3. The van der Waals surface area contributed by atoms with Crippen LogP contribution in [0.2, 0.25) is 0 Å². The summed E-state index contributed by atoms with van der Waals surface area (Å²) in [7, 11) is 0. The maximum absolute atomic E-state index is 6.40. The molecule has 0 radical (unpaired) electrons. The molecule has 0 saturated carbocycles. The Labute approximate surface area is 113 Å². The number of rotatable bonds is 2. The SMILES string of the molecule is CC1(C)CC(Oc2ncncn2)CC(C)(C)N1Cl. The number of nitrogens with zero attached hydrogens (tertiary/aromatic N) is 4. The highest BCUT2D eigenvalue weighted by Crippen LogP contribution is 2.40. The van der Waals surface area contributed by atoms with Crippen molar-refractivity contribution in [3.63, 3.8) is 0 Å². The fourth-order valence-corrected chi connectivity index (χ4v) is 2.83. The zero-order valence-corrected chi connectivity index (χ0v) is 12.0. The summed E-state index contributed by atoms with van der Waals surface area (Å²) < 4.78 is 7.72. The molecule has 100 valence electrons. The van der Waals surface area contributed by atoms with Crippen molar-refractivity contribution in [2.75, 3.05) is 0 Å². The van der Waals surface area contributed by atoms with E-state index < -0.39 is 0 Å². The van der Waals surface area contributed by atoms with E-state index in [1.165, 1.54) is 12.7 Å². The van der Waals surface area contributed by atoms with Gasteiger partial charge in [0.25, 0.3) is 0 Å². The number of halogens is 1. The van der Waals surface area contributed by atoms with E-state index in [0.717, 1.165) is 12.8 Å². The minimum absolute atomic E-state index is 0.0624. The normalized spacial score (nSPS) is 23.8. The van der Waals surface area contributed by atoms with Gasteiger partial charge in [-0.2, -0.15) is 9.97 Å². The van der Waals surface area contributed by atoms with Gasteiger partial charge in [-0.15, -0.1) is 0 Å². The van der Waals surface area contributed by atoms with Crippen molar-refractivity contribution in [3.8, 4) is 6.01 Å². The van der Waals surface area contributed by atoms with Gasteiger partial charge in [-0.25, -0.2) is 9.40 Å². The third kappa shape index (κ3) is 2.72. The topological polar surface area (TPSA) is 51.1 Å². The van der Waals surface area contributed by atoms with E-state index >= 15 is 0 Å². The molecule has 2 rings (SSSR count). The van der Waals surface area contributed by atoms with Gasteiger partial charge in [-0.3, -0.25) is 0 Å². The zero-order valence-electron chi connectivity index (χ0n) is 11.2. The molecule has 0 unspecified atom stereocenters. The third-order valence-corrected chi connectivity index (χ3v) is 4.17. The Bertz CT molecular complexity index is 392.